The minimum absolute atomic E-state index is 0. The predicted molar refractivity (Wildman–Crippen MR) is 98.5 cm³/mol. The van der Waals surface area contributed by atoms with Crippen LogP contribution in [0.25, 0.3) is 0 Å². The largest absolute Gasteiger partial charge is 0.381 e. The van der Waals surface area contributed by atoms with E-state index in [1.54, 1.807) is 6.20 Å². The van der Waals surface area contributed by atoms with Crippen molar-refractivity contribution in [3.8, 4) is 0 Å². The van der Waals surface area contributed by atoms with Gasteiger partial charge in [-0.1, -0.05) is 11.3 Å². The van der Waals surface area contributed by atoms with Crippen LogP contribution in [0.4, 0.5) is 5.13 Å². The van der Waals surface area contributed by atoms with Gasteiger partial charge in [-0.25, -0.2) is 4.98 Å². The van der Waals surface area contributed by atoms with Crippen molar-refractivity contribution in [2.75, 3.05) is 31.6 Å². The van der Waals surface area contributed by atoms with Crippen molar-refractivity contribution < 1.29 is 14.3 Å². The summed E-state index contributed by atoms with van der Waals surface area (Å²) in [7, 11) is 0. The second-order valence-electron chi connectivity index (χ2n) is 7.30. The van der Waals surface area contributed by atoms with Crippen LogP contribution in [0, 0.1) is 17.3 Å². The fraction of sp³-hybridized carbons (Fsp3) is 0.706. The van der Waals surface area contributed by atoms with E-state index in [0.29, 0.717) is 28.6 Å². The Kier molecular flexibility index (Phi) is 5.78. The Labute approximate surface area is 157 Å². The quantitative estimate of drug-likeness (QED) is 0.778. The number of nitrogens with one attached hydrogen (secondary N) is 2. The second kappa shape index (κ2) is 7.70. The molecule has 25 heavy (non-hydrogen) atoms. The van der Waals surface area contributed by atoms with Crippen LogP contribution in [0.15, 0.2) is 6.20 Å². The van der Waals surface area contributed by atoms with Crippen LogP contribution in [-0.2, 0) is 9.53 Å². The molecular weight excluding hydrogens is 362 g/mol. The standard InChI is InChI=1S/C17H23N3O3S.ClH/c21-14(11-1-6-23-10-11)13-9-19-16(24-13)20-15(22)12-7-17(8-12)2-4-18-5-3-17;/h9,11-12,18H,1-8,10H2,(H,19,20,22);1H. The molecule has 2 aliphatic heterocycles. The van der Waals surface area contributed by atoms with Crippen LogP contribution in [0.5, 0.6) is 0 Å². The van der Waals surface area contributed by atoms with Gasteiger partial charge in [0, 0.05) is 18.4 Å². The lowest BCUT2D eigenvalue weighted by molar-refractivity contribution is -0.128. The fourth-order valence-electron chi connectivity index (χ4n) is 4.13. The number of nitrogens with zero attached hydrogens (tertiary/aromatic N) is 1. The first kappa shape index (κ1) is 18.8. The van der Waals surface area contributed by atoms with E-state index in [1.807, 2.05) is 0 Å². The number of rotatable bonds is 4. The number of carbonyl (C=O) groups is 2. The molecule has 0 radical (unpaired) electrons. The van der Waals surface area contributed by atoms with Gasteiger partial charge in [-0.3, -0.25) is 9.59 Å². The van der Waals surface area contributed by atoms with E-state index in [4.69, 9.17) is 4.74 Å². The third-order valence-corrected chi connectivity index (χ3v) is 6.60. The summed E-state index contributed by atoms with van der Waals surface area (Å²) in [5, 5.41) is 6.82. The highest BCUT2D eigenvalue weighted by Crippen LogP contribution is 2.51. The Balaban J connectivity index is 0.00000182. The zero-order chi connectivity index (χ0) is 16.6. The van der Waals surface area contributed by atoms with E-state index in [-0.39, 0.29) is 35.9 Å². The lowest BCUT2D eigenvalue weighted by atomic mass is 9.57. The molecular formula is C17H24ClN3O3S. The van der Waals surface area contributed by atoms with Gasteiger partial charge in [0.1, 0.15) is 0 Å². The van der Waals surface area contributed by atoms with Gasteiger partial charge in [-0.15, -0.1) is 12.4 Å². The number of halogens is 1. The summed E-state index contributed by atoms with van der Waals surface area (Å²) in [4.78, 5) is 29.5. The number of ether oxygens (including phenoxy) is 1. The van der Waals surface area contributed by atoms with Crippen molar-refractivity contribution in [1.29, 1.82) is 0 Å². The number of carbonyl (C=O) groups excluding carboxylic acids is 2. The van der Waals surface area contributed by atoms with Gasteiger partial charge in [0.25, 0.3) is 0 Å². The Hall–Kier alpha value is -1.02. The van der Waals surface area contributed by atoms with Crippen molar-refractivity contribution in [3.63, 3.8) is 0 Å². The normalized spacial score (nSPS) is 25.2. The first-order chi connectivity index (χ1) is 11.7. The molecule has 1 saturated carbocycles. The van der Waals surface area contributed by atoms with E-state index in [2.05, 4.69) is 15.6 Å². The molecule has 138 valence electrons. The first-order valence-corrected chi connectivity index (χ1v) is 9.56. The SMILES string of the molecule is Cl.O=C(Nc1ncc(C(=O)C2CCOC2)s1)C1CC2(CCNCC2)C1. The molecule has 1 spiro atoms. The van der Waals surface area contributed by atoms with E-state index in [1.165, 1.54) is 24.2 Å². The lowest BCUT2D eigenvalue weighted by Gasteiger charge is -2.49. The molecule has 0 bridgehead atoms. The Morgan fingerprint density at radius 2 is 2.04 bits per heavy atom. The highest BCUT2D eigenvalue weighted by molar-refractivity contribution is 7.17. The summed E-state index contributed by atoms with van der Waals surface area (Å²) < 4.78 is 5.27. The fourth-order valence-corrected chi connectivity index (χ4v) is 4.97. The molecule has 3 fully saturated rings. The van der Waals surface area contributed by atoms with Crippen LogP contribution >= 0.6 is 23.7 Å². The molecule has 1 aromatic heterocycles. The molecule has 3 aliphatic rings. The summed E-state index contributed by atoms with van der Waals surface area (Å²) in [6.07, 6.45) is 6.67. The first-order valence-electron chi connectivity index (χ1n) is 8.75. The Morgan fingerprint density at radius 1 is 1.28 bits per heavy atom. The summed E-state index contributed by atoms with van der Waals surface area (Å²) in [5.41, 5.74) is 0.389. The van der Waals surface area contributed by atoms with Crippen LogP contribution in [0.2, 0.25) is 0 Å². The van der Waals surface area contributed by atoms with Crippen molar-refractivity contribution >= 4 is 40.6 Å². The summed E-state index contributed by atoms with van der Waals surface area (Å²) in [5.74, 6) is 0.175. The van der Waals surface area contributed by atoms with Crippen LogP contribution < -0.4 is 10.6 Å². The van der Waals surface area contributed by atoms with Crippen LogP contribution in [0.3, 0.4) is 0 Å². The average molecular weight is 386 g/mol. The van der Waals surface area contributed by atoms with Gasteiger partial charge in [0.05, 0.1) is 17.7 Å². The number of anilines is 1. The van der Waals surface area contributed by atoms with Crippen molar-refractivity contribution in [3.05, 3.63) is 11.1 Å². The van der Waals surface area contributed by atoms with Gasteiger partial charge in [0.15, 0.2) is 10.9 Å². The number of hydrogen-bond acceptors (Lipinski definition) is 6. The molecule has 0 aromatic carbocycles. The highest BCUT2D eigenvalue weighted by atomic mass is 35.5. The lowest BCUT2D eigenvalue weighted by Crippen LogP contribution is -2.48. The predicted octanol–water partition coefficient (Wildman–Crippen LogP) is 2.50. The number of ketones is 1. The van der Waals surface area contributed by atoms with Gasteiger partial charge in [-0.05, 0) is 50.6 Å². The number of thiazole rings is 1. The zero-order valence-corrected chi connectivity index (χ0v) is 15.7. The maximum atomic E-state index is 12.4. The highest BCUT2D eigenvalue weighted by Gasteiger charge is 2.47. The molecule has 6 nitrogen and oxygen atoms in total. The molecule has 1 atom stereocenters. The van der Waals surface area contributed by atoms with Gasteiger partial charge in [0.2, 0.25) is 5.91 Å². The monoisotopic (exact) mass is 385 g/mol. The molecule has 1 aromatic rings. The molecule has 4 rings (SSSR count). The summed E-state index contributed by atoms with van der Waals surface area (Å²) in [6, 6.07) is 0. The minimum Gasteiger partial charge on any atom is -0.381 e. The molecule has 3 heterocycles. The smallest absolute Gasteiger partial charge is 0.229 e. The van der Waals surface area contributed by atoms with E-state index < -0.39 is 0 Å². The zero-order valence-electron chi connectivity index (χ0n) is 14.1. The summed E-state index contributed by atoms with van der Waals surface area (Å²) >= 11 is 1.28. The van der Waals surface area contributed by atoms with E-state index in [9.17, 15) is 9.59 Å². The number of aromatic nitrogens is 1. The molecule has 1 aliphatic carbocycles. The molecule has 2 saturated heterocycles. The molecule has 1 amide bonds. The molecule has 8 heteroatoms. The topological polar surface area (TPSA) is 80.3 Å². The maximum absolute atomic E-state index is 12.4. The van der Waals surface area contributed by atoms with Crippen LogP contribution in [0.1, 0.15) is 41.8 Å². The van der Waals surface area contributed by atoms with Gasteiger partial charge in [-0.2, -0.15) is 0 Å². The molecule has 1 unspecified atom stereocenters. The van der Waals surface area contributed by atoms with Gasteiger partial charge >= 0.3 is 0 Å². The third-order valence-electron chi connectivity index (χ3n) is 5.67. The number of piperidine rings is 1. The number of Topliss-reactive ketones (excluding diaryl/α,β-unsaturated/α-hetero) is 1. The number of hydrogen-bond donors (Lipinski definition) is 2. The van der Waals surface area contributed by atoms with Crippen molar-refractivity contribution in [2.45, 2.75) is 32.1 Å². The second-order valence-corrected chi connectivity index (χ2v) is 8.33. The van der Waals surface area contributed by atoms with E-state index >= 15 is 0 Å². The van der Waals surface area contributed by atoms with Crippen LogP contribution in [-0.4, -0.2) is 43.0 Å². The Bertz CT molecular complexity index is 631. The average Bonchev–Trinajstić information content (AvgIpc) is 3.24. The van der Waals surface area contributed by atoms with Crippen molar-refractivity contribution in [1.82, 2.24) is 10.3 Å². The van der Waals surface area contributed by atoms with Gasteiger partial charge < -0.3 is 15.4 Å². The van der Waals surface area contributed by atoms with Crippen molar-refractivity contribution in [2.24, 2.45) is 17.3 Å². The minimum atomic E-state index is -0.0552. The maximum Gasteiger partial charge on any atom is 0.229 e. The third kappa shape index (κ3) is 3.89. The summed E-state index contributed by atoms with van der Waals surface area (Å²) in [6.45, 7) is 3.28. The Morgan fingerprint density at radius 3 is 2.72 bits per heavy atom. The van der Waals surface area contributed by atoms with E-state index in [0.717, 1.165) is 32.4 Å². The number of amides is 1. The molecule has 2 N–H and O–H groups in total.